The van der Waals surface area contributed by atoms with Crippen molar-refractivity contribution in [2.24, 2.45) is 11.8 Å². The fourth-order valence-corrected chi connectivity index (χ4v) is 5.79. The van der Waals surface area contributed by atoms with E-state index in [1.807, 2.05) is 13.0 Å². The van der Waals surface area contributed by atoms with Gasteiger partial charge in [-0.15, -0.1) is 11.3 Å². The molecule has 4 N–H and O–H groups in total. The van der Waals surface area contributed by atoms with Crippen molar-refractivity contribution < 1.29 is 28.2 Å². The molecule has 0 spiro atoms. The minimum Gasteiger partial charge on any atom is -0.481 e. The Morgan fingerprint density at radius 1 is 1.18 bits per heavy atom. The van der Waals surface area contributed by atoms with E-state index in [9.17, 15) is 28.2 Å². The summed E-state index contributed by atoms with van der Waals surface area (Å²) in [4.78, 5) is 24.2. The summed E-state index contributed by atoms with van der Waals surface area (Å²) in [5, 5.41) is 30.8. The van der Waals surface area contributed by atoms with Crippen LogP contribution < -0.4 is 5.32 Å². The number of nitrogens with zero attached hydrogens (tertiary/aromatic N) is 4. The molecule has 1 aliphatic carbocycles. The van der Waals surface area contributed by atoms with Crippen LogP contribution in [-0.2, 0) is 16.6 Å². The molecule has 198 valence electrons. The maximum Gasteiger partial charge on any atom is 0.433 e. The summed E-state index contributed by atoms with van der Waals surface area (Å²) in [6.07, 6.45) is 2.29. The fraction of sp³-hybridized carbons (Fsp3) is 0.320. The summed E-state index contributed by atoms with van der Waals surface area (Å²) in [6, 6.07) is 6.15. The number of thiazole rings is 1. The monoisotopic (exact) mass is 544 g/mol. The predicted molar refractivity (Wildman–Crippen MR) is 133 cm³/mol. The van der Waals surface area contributed by atoms with Crippen LogP contribution >= 0.6 is 11.3 Å². The number of hydrogen-bond acceptors (Lipinski definition) is 8. The first-order chi connectivity index (χ1) is 18.0. The SMILES string of the molecule is C[C@H]1C[C@@](O)(c2ncc(-c3cc(Nc4nccc(C(F)(F)F)n4)cc(-c4cn[nH]c4)c3)s2)CCC1C(=O)O. The highest BCUT2D eigenvalue weighted by Gasteiger charge is 2.43. The molecular weight excluding hydrogens is 521 g/mol. The highest BCUT2D eigenvalue weighted by atomic mass is 32.1. The van der Waals surface area contributed by atoms with Crippen molar-refractivity contribution in [3.05, 3.63) is 59.8 Å². The van der Waals surface area contributed by atoms with Crippen LogP contribution in [0, 0.1) is 11.8 Å². The molecule has 0 amide bonds. The number of aromatic amines is 1. The van der Waals surface area contributed by atoms with Crippen LogP contribution in [0.3, 0.4) is 0 Å². The third-order valence-corrected chi connectivity index (χ3v) is 7.93. The summed E-state index contributed by atoms with van der Waals surface area (Å²) in [7, 11) is 0. The predicted octanol–water partition coefficient (Wildman–Crippen LogP) is 5.46. The van der Waals surface area contributed by atoms with Gasteiger partial charge in [-0.1, -0.05) is 6.92 Å². The Morgan fingerprint density at radius 2 is 1.97 bits per heavy atom. The lowest BCUT2D eigenvalue weighted by Gasteiger charge is -2.37. The molecule has 38 heavy (non-hydrogen) atoms. The molecule has 9 nitrogen and oxygen atoms in total. The summed E-state index contributed by atoms with van der Waals surface area (Å²) in [6.45, 7) is 1.82. The van der Waals surface area contributed by atoms with E-state index in [4.69, 9.17) is 0 Å². The van der Waals surface area contributed by atoms with E-state index in [2.05, 4.69) is 30.5 Å². The molecule has 0 aliphatic heterocycles. The molecule has 1 unspecified atom stereocenters. The fourth-order valence-electron chi connectivity index (χ4n) is 4.76. The van der Waals surface area contributed by atoms with Gasteiger partial charge in [-0.3, -0.25) is 9.89 Å². The van der Waals surface area contributed by atoms with Crippen LogP contribution in [0.5, 0.6) is 0 Å². The maximum atomic E-state index is 13.1. The Bertz CT molecular complexity index is 1460. The molecule has 0 bridgehead atoms. The largest absolute Gasteiger partial charge is 0.481 e. The number of nitrogens with one attached hydrogen (secondary N) is 2. The first kappa shape index (κ1) is 25.8. The molecule has 1 fully saturated rings. The van der Waals surface area contributed by atoms with Crippen LogP contribution in [0.4, 0.5) is 24.8 Å². The lowest BCUT2D eigenvalue weighted by Crippen LogP contribution is -2.38. The molecule has 3 heterocycles. The van der Waals surface area contributed by atoms with Gasteiger partial charge in [0.2, 0.25) is 5.95 Å². The van der Waals surface area contributed by atoms with Gasteiger partial charge in [0.05, 0.1) is 17.0 Å². The summed E-state index contributed by atoms with van der Waals surface area (Å²) in [5.74, 6) is -1.79. The van der Waals surface area contributed by atoms with Gasteiger partial charge in [-0.05, 0) is 60.6 Å². The van der Waals surface area contributed by atoms with E-state index in [-0.39, 0.29) is 24.7 Å². The van der Waals surface area contributed by atoms with Crippen LogP contribution in [0.2, 0.25) is 0 Å². The number of hydrogen-bond donors (Lipinski definition) is 4. The van der Waals surface area contributed by atoms with Gasteiger partial charge in [-0.25, -0.2) is 15.0 Å². The van der Waals surface area contributed by atoms with Crippen molar-refractivity contribution in [2.45, 2.75) is 38.0 Å². The van der Waals surface area contributed by atoms with Crippen LogP contribution in [0.15, 0.2) is 49.1 Å². The van der Waals surface area contributed by atoms with Gasteiger partial charge >= 0.3 is 12.1 Å². The Kier molecular flexibility index (Phi) is 6.65. The van der Waals surface area contributed by atoms with E-state index in [1.54, 1.807) is 30.7 Å². The average molecular weight is 545 g/mol. The number of H-pyrrole nitrogens is 1. The van der Waals surface area contributed by atoms with E-state index < -0.39 is 29.4 Å². The second-order valence-corrected chi connectivity index (χ2v) is 10.4. The lowest BCUT2D eigenvalue weighted by atomic mass is 9.72. The molecule has 1 aromatic carbocycles. The van der Waals surface area contributed by atoms with Crippen molar-refractivity contribution in [3.63, 3.8) is 0 Å². The third kappa shape index (κ3) is 5.24. The average Bonchev–Trinajstić information content (AvgIpc) is 3.56. The van der Waals surface area contributed by atoms with E-state index >= 15 is 0 Å². The molecule has 1 aliphatic rings. The van der Waals surface area contributed by atoms with E-state index in [0.29, 0.717) is 22.7 Å². The number of aliphatic carboxylic acids is 1. The zero-order chi connectivity index (χ0) is 27.1. The van der Waals surface area contributed by atoms with Gasteiger partial charge in [0, 0.05) is 29.8 Å². The number of aliphatic hydroxyl groups is 1. The third-order valence-electron chi connectivity index (χ3n) is 6.69. The van der Waals surface area contributed by atoms with Gasteiger partial charge in [0.1, 0.15) is 16.3 Å². The second kappa shape index (κ2) is 9.80. The van der Waals surface area contributed by atoms with Crippen molar-refractivity contribution in [1.29, 1.82) is 0 Å². The molecular formula is C25H23F3N6O3S. The number of carboxylic acid groups (broad SMARTS) is 1. The summed E-state index contributed by atoms with van der Waals surface area (Å²) in [5.41, 5.74) is 0.344. The lowest BCUT2D eigenvalue weighted by molar-refractivity contribution is -0.148. The maximum absolute atomic E-state index is 13.1. The highest BCUT2D eigenvalue weighted by Crippen LogP contribution is 2.45. The van der Waals surface area contributed by atoms with Crippen LogP contribution in [0.25, 0.3) is 21.6 Å². The number of alkyl halides is 3. The van der Waals surface area contributed by atoms with Crippen LogP contribution in [-0.4, -0.2) is 41.3 Å². The number of halogens is 3. The van der Waals surface area contributed by atoms with Crippen molar-refractivity contribution >= 4 is 28.9 Å². The minimum atomic E-state index is -4.61. The van der Waals surface area contributed by atoms with Gasteiger partial charge < -0.3 is 15.5 Å². The molecule has 4 aromatic rings. The van der Waals surface area contributed by atoms with Crippen molar-refractivity contribution in [3.8, 4) is 21.6 Å². The van der Waals surface area contributed by atoms with Crippen molar-refractivity contribution in [2.75, 3.05) is 5.32 Å². The number of benzene rings is 1. The number of aromatic nitrogens is 5. The number of rotatable bonds is 6. The van der Waals surface area contributed by atoms with E-state index in [0.717, 1.165) is 28.3 Å². The Morgan fingerprint density at radius 3 is 2.66 bits per heavy atom. The number of anilines is 2. The number of carboxylic acids is 1. The normalized spacial score (nSPS) is 21.8. The Labute approximate surface area is 218 Å². The summed E-state index contributed by atoms with van der Waals surface area (Å²) >= 11 is 1.29. The topological polar surface area (TPSA) is 137 Å². The van der Waals surface area contributed by atoms with Gasteiger partial charge in [-0.2, -0.15) is 18.3 Å². The number of carbonyl (C=O) groups is 1. The zero-order valence-corrected chi connectivity index (χ0v) is 20.8. The minimum absolute atomic E-state index is 0.210. The van der Waals surface area contributed by atoms with Crippen LogP contribution in [0.1, 0.15) is 36.9 Å². The Balaban J connectivity index is 1.48. The first-order valence-corrected chi connectivity index (χ1v) is 12.6. The Hall–Kier alpha value is -3.84. The highest BCUT2D eigenvalue weighted by molar-refractivity contribution is 7.15. The molecule has 5 rings (SSSR count). The van der Waals surface area contributed by atoms with Crippen molar-refractivity contribution in [1.82, 2.24) is 25.1 Å². The second-order valence-electron chi connectivity index (χ2n) is 9.40. The molecule has 3 aromatic heterocycles. The molecule has 1 saturated carbocycles. The molecule has 0 saturated heterocycles. The standard InChI is InChI=1S/C25H23F3N6O3S/c1-13-9-24(37,4-2-18(13)21(35)36)22-30-12-19(38-22)15-6-14(16-10-31-32-11-16)7-17(8-15)33-23-29-5-3-20(34-23)25(26,27)28/h3,5-8,10-13,18,37H,2,4,9H2,1H3,(H,31,32)(H,35,36)(H,29,33,34)/t13-,18?,24+/m0/s1. The first-order valence-electron chi connectivity index (χ1n) is 11.8. The summed E-state index contributed by atoms with van der Waals surface area (Å²) < 4.78 is 39.4. The zero-order valence-electron chi connectivity index (χ0n) is 20.0. The van der Waals surface area contributed by atoms with Gasteiger partial charge in [0.15, 0.2) is 0 Å². The smallest absolute Gasteiger partial charge is 0.433 e. The quantitative estimate of drug-likeness (QED) is 0.251. The van der Waals surface area contributed by atoms with E-state index in [1.165, 1.54) is 11.3 Å². The molecule has 3 atom stereocenters. The molecule has 13 heteroatoms. The molecule has 0 radical (unpaired) electrons. The van der Waals surface area contributed by atoms with Gasteiger partial charge in [0.25, 0.3) is 0 Å².